The van der Waals surface area contributed by atoms with E-state index < -0.39 is 0 Å². The van der Waals surface area contributed by atoms with Gasteiger partial charge in [0, 0.05) is 49.6 Å². The number of nitrogens with two attached hydrogens (primary N) is 1. The monoisotopic (exact) mass is 392 g/mol. The van der Waals surface area contributed by atoms with Crippen LogP contribution in [0.4, 0.5) is 11.4 Å². The molecule has 0 spiro atoms. The van der Waals surface area contributed by atoms with Crippen molar-refractivity contribution in [2.24, 2.45) is 0 Å². The topological polar surface area (TPSA) is 47.7 Å². The molecule has 0 saturated heterocycles. The van der Waals surface area contributed by atoms with Crippen molar-refractivity contribution in [1.29, 1.82) is 0 Å². The minimum atomic E-state index is 0.670. The molecule has 0 unspecified atom stereocenters. The van der Waals surface area contributed by atoms with Crippen LogP contribution < -0.4 is 10.6 Å². The zero-order valence-electron chi connectivity index (χ0n) is 14.3. The lowest BCUT2D eigenvalue weighted by molar-refractivity contribution is 0.190. The van der Waals surface area contributed by atoms with Gasteiger partial charge in [0.2, 0.25) is 0 Å². The van der Waals surface area contributed by atoms with Crippen molar-refractivity contribution in [3.63, 3.8) is 0 Å². The van der Waals surface area contributed by atoms with E-state index in [1.807, 2.05) is 6.07 Å². The van der Waals surface area contributed by atoms with Crippen molar-refractivity contribution >= 4 is 27.3 Å². The lowest BCUT2D eigenvalue weighted by Crippen LogP contribution is -2.30. The first kappa shape index (κ1) is 18.8. The lowest BCUT2D eigenvalue weighted by atomic mass is 10.0. The fourth-order valence-electron chi connectivity index (χ4n) is 2.54. The summed E-state index contributed by atoms with van der Waals surface area (Å²) < 4.78 is 10.5. The number of hydrogen-bond acceptors (Lipinski definition) is 4. The molecule has 0 aliphatic heterocycles. The van der Waals surface area contributed by atoms with Crippen LogP contribution in [0.5, 0.6) is 0 Å². The Morgan fingerprint density at radius 1 is 0.958 bits per heavy atom. The molecule has 2 aromatic rings. The van der Waals surface area contributed by atoms with Crippen LogP contribution in [0.15, 0.2) is 42.5 Å². The number of alkyl halides is 1. The van der Waals surface area contributed by atoms with E-state index in [-0.39, 0.29) is 0 Å². The average Bonchev–Trinajstić information content (AvgIpc) is 2.63. The number of nitrogens with zero attached hydrogens (tertiary/aromatic N) is 1. The van der Waals surface area contributed by atoms with Crippen molar-refractivity contribution in [3.05, 3.63) is 48.0 Å². The molecule has 0 atom stereocenters. The van der Waals surface area contributed by atoms with Crippen LogP contribution in [0, 0.1) is 0 Å². The molecule has 2 N–H and O–H groups in total. The van der Waals surface area contributed by atoms with E-state index in [9.17, 15) is 0 Å². The van der Waals surface area contributed by atoms with E-state index in [0.29, 0.717) is 13.2 Å². The third-order valence-electron chi connectivity index (χ3n) is 3.95. The van der Waals surface area contributed by atoms with Crippen molar-refractivity contribution in [2.75, 3.05) is 51.2 Å². The van der Waals surface area contributed by atoms with Crippen molar-refractivity contribution in [1.82, 2.24) is 0 Å². The standard InChI is InChI=1S/C19H25BrN2O2/c1-23-11-9-22(10-12-24-2)17-7-8-19(21)18(13-17)16-5-3-15(14-20)4-6-16/h3-8,13H,9-12,14,21H2,1-2H3. The second kappa shape index (κ2) is 9.67. The quantitative estimate of drug-likeness (QED) is 0.518. The highest BCUT2D eigenvalue weighted by Crippen LogP contribution is 2.30. The lowest BCUT2D eigenvalue weighted by Gasteiger charge is -2.25. The van der Waals surface area contributed by atoms with Gasteiger partial charge in [-0.25, -0.2) is 0 Å². The Morgan fingerprint density at radius 3 is 2.12 bits per heavy atom. The van der Waals surface area contributed by atoms with Gasteiger partial charge in [0.25, 0.3) is 0 Å². The van der Waals surface area contributed by atoms with Gasteiger partial charge in [-0.1, -0.05) is 40.2 Å². The molecule has 2 rings (SSSR count). The fourth-order valence-corrected chi connectivity index (χ4v) is 2.91. The predicted octanol–water partition coefficient (Wildman–Crippen LogP) is 3.93. The maximum Gasteiger partial charge on any atom is 0.0637 e. The first-order valence-corrected chi connectivity index (χ1v) is 9.09. The number of benzene rings is 2. The Morgan fingerprint density at radius 2 is 1.58 bits per heavy atom. The molecule has 0 aromatic heterocycles. The largest absolute Gasteiger partial charge is 0.398 e. The minimum absolute atomic E-state index is 0.670. The third kappa shape index (κ3) is 4.97. The molecule has 0 aliphatic rings. The molecule has 0 aliphatic carbocycles. The molecular weight excluding hydrogens is 368 g/mol. The van der Waals surface area contributed by atoms with Gasteiger partial charge < -0.3 is 20.1 Å². The van der Waals surface area contributed by atoms with Crippen LogP contribution >= 0.6 is 15.9 Å². The van der Waals surface area contributed by atoms with Crippen LogP contribution in [0.25, 0.3) is 11.1 Å². The number of nitrogen functional groups attached to an aromatic ring is 1. The van der Waals surface area contributed by atoms with Crippen LogP contribution in [0.2, 0.25) is 0 Å². The smallest absolute Gasteiger partial charge is 0.0637 e. The van der Waals surface area contributed by atoms with Gasteiger partial charge in [-0.2, -0.15) is 0 Å². The van der Waals surface area contributed by atoms with Gasteiger partial charge >= 0.3 is 0 Å². The van der Waals surface area contributed by atoms with Crippen LogP contribution in [0.1, 0.15) is 5.56 Å². The molecule has 130 valence electrons. The summed E-state index contributed by atoms with van der Waals surface area (Å²) in [5, 5.41) is 0.852. The summed E-state index contributed by atoms with van der Waals surface area (Å²) in [6, 6.07) is 14.6. The van der Waals surface area contributed by atoms with Crippen molar-refractivity contribution in [3.8, 4) is 11.1 Å². The Hall–Kier alpha value is -1.56. The Labute approximate surface area is 152 Å². The zero-order valence-corrected chi connectivity index (χ0v) is 15.9. The highest BCUT2D eigenvalue weighted by molar-refractivity contribution is 9.08. The molecule has 5 heteroatoms. The SMILES string of the molecule is COCCN(CCOC)c1ccc(N)c(-c2ccc(CBr)cc2)c1. The molecule has 0 fully saturated rings. The minimum Gasteiger partial charge on any atom is -0.398 e. The van der Waals surface area contributed by atoms with Crippen LogP contribution in [0.3, 0.4) is 0 Å². The first-order valence-electron chi connectivity index (χ1n) is 7.97. The summed E-state index contributed by atoms with van der Waals surface area (Å²) in [5.74, 6) is 0. The van der Waals surface area contributed by atoms with Crippen LogP contribution in [-0.4, -0.2) is 40.5 Å². The highest BCUT2D eigenvalue weighted by Gasteiger charge is 2.10. The highest BCUT2D eigenvalue weighted by atomic mass is 79.9. The van der Waals surface area contributed by atoms with Crippen molar-refractivity contribution in [2.45, 2.75) is 5.33 Å². The average molecular weight is 393 g/mol. The number of halogens is 1. The van der Waals surface area contributed by atoms with Gasteiger partial charge in [0.15, 0.2) is 0 Å². The summed E-state index contributed by atoms with van der Waals surface area (Å²) in [4.78, 5) is 2.25. The number of ether oxygens (including phenoxy) is 2. The summed E-state index contributed by atoms with van der Waals surface area (Å²) >= 11 is 3.48. The number of hydrogen-bond donors (Lipinski definition) is 1. The number of anilines is 2. The summed E-state index contributed by atoms with van der Waals surface area (Å²) in [6.45, 7) is 2.96. The van der Waals surface area contributed by atoms with Gasteiger partial charge in [0.05, 0.1) is 13.2 Å². The van der Waals surface area contributed by atoms with E-state index in [4.69, 9.17) is 15.2 Å². The Bertz CT molecular complexity index is 624. The molecule has 0 heterocycles. The Balaban J connectivity index is 2.30. The molecular formula is C19H25BrN2O2. The predicted molar refractivity (Wildman–Crippen MR) is 105 cm³/mol. The maximum atomic E-state index is 6.22. The molecule has 24 heavy (non-hydrogen) atoms. The van der Waals surface area contributed by atoms with Gasteiger partial charge in [0.1, 0.15) is 0 Å². The number of methoxy groups -OCH3 is 2. The van der Waals surface area contributed by atoms with Gasteiger partial charge in [-0.05, 0) is 29.3 Å². The van der Waals surface area contributed by atoms with E-state index in [2.05, 4.69) is 57.2 Å². The van der Waals surface area contributed by atoms with Crippen LogP contribution in [-0.2, 0) is 14.8 Å². The second-order valence-corrected chi connectivity index (χ2v) is 6.14. The van der Waals surface area contributed by atoms with Crippen molar-refractivity contribution < 1.29 is 9.47 Å². The molecule has 0 bridgehead atoms. The fraction of sp³-hybridized carbons (Fsp3) is 0.368. The normalized spacial score (nSPS) is 10.8. The first-order chi connectivity index (χ1) is 11.7. The van der Waals surface area contributed by atoms with E-state index in [0.717, 1.165) is 40.9 Å². The van der Waals surface area contributed by atoms with Gasteiger partial charge in [-0.15, -0.1) is 0 Å². The third-order valence-corrected chi connectivity index (χ3v) is 4.60. The molecule has 0 saturated carbocycles. The molecule has 0 radical (unpaired) electrons. The molecule has 2 aromatic carbocycles. The summed E-state index contributed by atoms with van der Waals surface area (Å²) in [6.07, 6.45) is 0. The van der Waals surface area contributed by atoms with Gasteiger partial charge in [-0.3, -0.25) is 0 Å². The maximum absolute atomic E-state index is 6.22. The summed E-state index contributed by atoms with van der Waals surface area (Å²) in [7, 11) is 3.43. The zero-order chi connectivity index (χ0) is 17.4. The number of rotatable bonds is 9. The molecule has 4 nitrogen and oxygen atoms in total. The Kier molecular flexibility index (Phi) is 7.56. The van der Waals surface area contributed by atoms with E-state index in [1.54, 1.807) is 14.2 Å². The summed E-state index contributed by atoms with van der Waals surface area (Å²) in [5.41, 5.74) is 11.5. The second-order valence-electron chi connectivity index (χ2n) is 5.57. The van der Waals surface area contributed by atoms with E-state index >= 15 is 0 Å². The van der Waals surface area contributed by atoms with E-state index in [1.165, 1.54) is 5.56 Å². The molecule has 0 amide bonds.